The average molecular weight is 406 g/mol. The van der Waals surface area contributed by atoms with Gasteiger partial charge in [0.05, 0.1) is 29.7 Å². The summed E-state index contributed by atoms with van der Waals surface area (Å²) in [6.07, 6.45) is 4.31. The van der Waals surface area contributed by atoms with Crippen molar-refractivity contribution >= 4 is 31.8 Å². The smallest absolute Gasteiger partial charge is 0.271 e. The summed E-state index contributed by atoms with van der Waals surface area (Å²) < 4.78 is 8.35. The molecule has 1 aromatic carbocycles. The van der Waals surface area contributed by atoms with Crippen LogP contribution in [0, 0.1) is 0 Å². The van der Waals surface area contributed by atoms with E-state index in [1.165, 1.54) is 16.9 Å². The van der Waals surface area contributed by atoms with Crippen LogP contribution in [-0.2, 0) is 30.7 Å². The molecule has 0 aliphatic carbocycles. The third kappa shape index (κ3) is 3.47. The third-order valence-corrected chi connectivity index (χ3v) is 6.60. The summed E-state index contributed by atoms with van der Waals surface area (Å²) in [6.45, 7) is 5.39. The highest BCUT2D eigenvalue weighted by Crippen LogP contribution is 2.34. The van der Waals surface area contributed by atoms with E-state index in [1.807, 2.05) is 18.2 Å². The molecule has 6 heteroatoms. The van der Waals surface area contributed by atoms with Crippen LogP contribution in [0.2, 0.25) is 0 Å². The lowest BCUT2D eigenvalue weighted by Gasteiger charge is -2.30. The SMILES string of the molecule is CC1(C)Cc2nc3sc4c(=O)n(CCCc5ccccc5)cnc4c3cc2CO1. The normalized spacial score (nSPS) is 15.7. The summed E-state index contributed by atoms with van der Waals surface area (Å²) in [5.74, 6) is 0. The van der Waals surface area contributed by atoms with Gasteiger partial charge in [0.1, 0.15) is 9.53 Å². The number of fused-ring (bicyclic) bond motifs is 4. The Hall–Kier alpha value is -2.57. The molecule has 5 rings (SSSR count). The molecular formula is C23H23N3O2S. The van der Waals surface area contributed by atoms with Crippen molar-refractivity contribution in [1.82, 2.24) is 14.5 Å². The molecule has 0 fully saturated rings. The Bertz CT molecular complexity index is 1260. The van der Waals surface area contributed by atoms with Crippen molar-refractivity contribution < 1.29 is 4.74 Å². The van der Waals surface area contributed by atoms with Crippen LogP contribution in [0.1, 0.15) is 37.1 Å². The standard InChI is InChI=1S/C23H23N3O2S/c1-23(2)12-18-16(13-28-23)11-17-19-20(29-21(17)25-18)22(27)26(14-24-19)10-6-9-15-7-4-3-5-8-15/h3-5,7-8,11,14H,6,9-10,12-13H2,1-2H3. The zero-order valence-electron chi connectivity index (χ0n) is 16.6. The van der Waals surface area contributed by atoms with Crippen molar-refractivity contribution in [1.29, 1.82) is 0 Å². The molecule has 0 atom stereocenters. The van der Waals surface area contributed by atoms with Crippen molar-refractivity contribution in [3.63, 3.8) is 0 Å². The quantitative estimate of drug-likeness (QED) is 0.502. The molecule has 4 heterocycles. The van der Waals surface area contributed by atoms with Gasteiger partial charge in [-0.25, -0.2) is 9.97 Å². The molecule has 3 aromatic heterocycles. The summed E-state index contributed by atoms with van der Waals surface area (Å²) in [4.78, 5) is 23.4. The highest BCUT2D eigenvalue weighted by molar-refractivity contribution is 7.25. The number of thiophene rings is 1. The fourth-order valence-electron chi connectivity index (χ4n) is 3.93. The first-order valence-corrected chi connectivity index (χ1v) is 10.8. The number of hydrogen-bond acceptors (Lipinski definition) is 5. The van der Waals surface area contributed by atoms with Crippen LogP contribution in [0.15, 0.2) is 47.5 Å². The van der Waals surface area contributed by atoms with E-state index in [0.29, 0.717) is 17.9 Å². The summed E-state index contributed by atoms with van der Waals surface area (Å²) in [6, 6.07) is 12.5. The molecular weight excluding hydrogens is 382 g/mol. The molecule has 0 bridgehead atoms. The van der Waals surface area contributed by atoms with Gasteiger partial charge in [-0.2, -0.15) is 0 Å². The molecule has 0 saturated carbocycles. The summed E-state index contributed by atoms with van der Waals surface area (Å²) in [5.41, 5.74) is 4.05. The Morgan fingerprint density at radius 3 is 2.90 bits per heavy atom. The van der Waals surface area contributed by atoms with Gasteiger partial charge < -0.3 is 4.74 Å². The Morgan fingerprint density at radius 1 is 1.24 bits per heavy atom. The maximum atomic E-state index is 13.0. The van der Waals surface area contributed by atoms with Crippen LogP contribution >= 0.6 is 11.3 Å². The fraction of sp³-hybridized carbons (Fsp3) is 0.348. The van der Waals surface area contributed by atoms with Gasteiger partial charge in [-0.1, -0.05) is 30.3 Å². The number of hydrogen-bond donors (Lipinski definition) is 0. The maximum absolute atomic E-state index is 13.0. The van der Waals surface area contributed by atoms with Gasteiger partial charge in [0.25, 0.3) is 5.56 Å². The monoisotopic (exact) mass is 405 g/mol. The van der Waals surface area contributed by atoms with E-state index >= 15 is 0 Å². The van der Waals surface area contributed by atoms with Gasteiger partial charge in [-0.15, -0.1) is 11.3 Å². The van der Waals surface area contributed by atoms with E-state index in [0.717, 1.165) is 46.3 Å². The molecule has 0 N–H and O–H groups in total. The average Bonchev–Trinajstić information content (AvgIpc) is 3.06. The molecule has 148 valence electrons. The van der Waals surface area contributed by atoms with Gasteiger partial charge in [0.2, 0.25) is 0 Å². The number of aromatic nitrogens is 3. The lowest BCUT2D eigenvalue weighted by molar-refractivity contribution is -0.0411. The lowest BCUT2D eigenvalue weighted by atomic mass is 9.95. The van der Waals surface area contributed by atoms with E-state index in [-0.39, 0.29) is 11.2 Å². The van der Waals surface area contributed by atoms with Gasteiger partial charge in [-0.05, 0) is 38.3 Å². The zero-order chi connectivity index (χ0) is 20.0. The summed E-state index contributed by atoms with van der Waals surface area (Å²) >= 11 is 1.46. The Kier molecular flexibility index (Phi) is 4.48. The van der Waals surface area contributed by atoms with E-state index in [1.54, 1.807) is 10.9 Å². The van der Waals surface area contributed by atoms with E-state index in [4.69, 9.17) is 9.72 Å². The largest absolute Gasteiger partial charge is 0.370 e. The number of rotatable bonds is 4. The summed E-state index contributed by atoms with van der Waals surface area (Å²) in [5, 5.41) is 0.959. The number of aryl methyl sites for hydroxylation is 2. The minimum absolute atomic E-state index is 0.0283. The molecule has 0 amide bonds. The fourth-order valence-corrected chi connectivity index (χ4v) is 5.01. The molecule has 0 unspecified atom stereocenters. The van der Waals surface area contributed by atoms with Crippen LogP contribution in [0.3, 0.4) is 0 Å². The topological polar surface area (TPSA) is 57.0 Å². The molecule has 0 saturated heterocycles. The number of nitrogens with zero attached hydrogens (tertiary/aromatic N) is 3. The first-order chi connectivity index (χ1) is 14.0. The van der Waals surface area contributed by atoms with Crippen molar-refractivity contribution in [2.24, 2.45) is 0 Å². The second kappa shape index (κ2) is 7.04. The van der Waals surface area contributed by atoms with Gasteiger partial charge in [0.15, 0.2) is 0 Å². The first-order valence-electron chi connectivity index (χ1n) is 9.98. The number of ether oxygens (including phenoxy) is 1. The van der Waals surface area contributed by atoms with Gasteiger partial charge in [0, 0.05) is 23.9 Å². The van der Waals surface area contributed by atoms with Crippen LogP contribution in [0.25, 0.3) is 20.4 Å². The van der Waals surface area contributed by atoms with Gasteiger partial charge >= 0.3 is 0 Å². The second-order valence-electron chi connectivity index (χ2n) is 8.28. The van der Waals surface area contributed by atoms with E-state index in [2.05, 4.69) is 37.0 Å². The minimum Gasteiger partial charge on any atom is -0.370 e. The number of pyridine rings is 1. The molecule has 29 heavy (non-hydrogen) atoms. The summed E-state index contributed by atoms with van der Waals surface area (Å²) in [7, 11) is 0. The molecule has 1 aliphatic heterocycles. The first kappa shape index (κ1) is 18.5. The Balaban J connectivity index is 1.47. The predicted octanol–water partition coefficient (Wildman–Crippen LogP) is 4.49. The van der Waals surface area contributed by atoms with Crippen molar-refractivity contribution in [2.45, 2.75) is 51.9 Å². The van der Waals surface area contributed by atoms with E-state index < -0.39 is 0 Å². The third-order valence-electron chi connectivity index (χ3n) is 5.53. The van der Waals surface area contributed by atoms with Crippen molar-refractivity contribution in [3.05, 3.63) is 69.9 Å². The van der Waals surface area contributed by atoms with Crippen LogP contribution in [0.4, 0.5) is 0 Å². The van der Waals surface area contributed by atoms with Crippen LogP contribution < -0.4 is 5.56 Å². The van der Waals surface area contributed by atoms with E-state index in [9.17, 15) is 4.79 Å². The van der Waals surface area contributed by atoms with Crippen molar-refractivity contribution in [2.75, 3.05) is 0 Å². The van der Waals surface area contributed by atoms with Crippen molar-refractivity contribution in [3.8, 4) is 0 Å². The number of benzene rings is 1. The Labute approximate surface area is 173 Å². The maximum Gasteiger partial charge on any atom is 0.271 e. The minimum atomic E-state index is -0.200. The highest BCUT2D eigenvalue weighted by atomic mass is 32.1. The van der Waals surface area contributed by atoms with Crippen LogP contribution in [0.5, 0.6) is 0 Å². The lowest BCUT2D eigenvalue weighted by Crippen LogP contribution is -2.32. The predicted molar refractivity (Wildman–Crippen MR) is 117 cm³/mol. The Morgan fingerprint density at radius 2 is 2.07 bits per heavy atom. The zero-order valence-corrected chi connectivity index (χ0v) is 17.5. The second-order valence-corrected chi connectivity index (χ2v) is 9.28. The molecule has 1 aliphatic rings. The molecule has 0 spiro atoms. The molecule has 4 aromatic rings. The molecule has 5 nitrogen and oxygen atoms in total. The highest BCUT2D eigenvalue weighted by Gasteiger charge is 2.28. The molecule has 0 radical (unpaired) electrons. The van der Waals surface area contributed by atoms with Gasteiger partial charge in [-0.3, -0.25) is 9.36 Å². The van der Waals surface area contributed by atoms with Crippen LogP contribution in [-0.4, -0.2) is 20.1 Å².